The first-order chi connectivity index (χ1) is 10.5. The number of nitrogens with zero attached hydrogens (tertiary/aromatic N) is 1. The van der Waals surface area contributed by atoms with E-state index in [1.165, 1.54) is 4.90 Å². The Bertz CT molecular complexity index is 491. The van der Waals surface area contributed by atoms with Crippen molar-refractivity contribution in [3.05, 3.63) is 35.9 Å². The van der Waals surface area contributed by atoms with Gasteiger partial charge in [-0.15, -0.1) is 0 Å². The van der Waals surface area contributed by atoms with Crippen molar-refractivity contribution in [3.8, 4) is 0 Å². The summed E-state index contributed by atoms with van der Waals surface area (Å²) < 4.78 is 11.1. The number of benzene rings is 1. The molecule has 0 aromatic heterocycles. The van der Waals surface area contributed by atoms with Crippen LogP contribution in [-0.4, -0.2) is 52.3 Å². The van der Waals surface area contributed by atoms with Crippen molar-refractivity contribution in [2.24, 2.45) is 0 Å². The molecule has 22 heavy (non-hydrogen) atoms. The summed E-state index contributed by atoms with van der Waals surface area (Å²) in [6.45, 7) is 3.36. The van der Waals surface area contributed by atoms with Crippen LogP contribution in [0.4, 0.5) is 4.79 Å². The third-order valence-electron chi connectivity index (χ3n) is 3.79. The van der Waals surface area contributed by atoms with Crippen LogP contribution in [0.25, 0.3) is 0 Å². The highest BCUT2D eigenvalue weighted by Crippen LogP contribution is 2.34. The van der Waals surface area contributed by atoms with E-state index in [1.807, 2.05) is 30.3 Å². The summed E-state index contributed by atoms with van der Waals surface area (Å²) in [5.74, 6) is 0. The van der Waals surface area contributed by atoms with E-state index < -0.39 is 24.0 Å². The normalized spacial score (nSPS) is 23.5. The Hall–Kier alpha value is -1.63. The molecule has 2 atom stereocenters. The molecule has 2 N–H and O–H groups in total. The minimum atomic E-state index is -0.888. The Morgan fingerprint density at radius 2 is 2.00 bits per heavy atom. The number of hydrogen-bond donors (Lipinski definition) is 2. The fraction of sp³-hybridized carbons (Fsp3) is 0.562. The van der Waals surface area contributed by atoms with Crippen LogP contribution in [0.3, 0.4) is 0 Å². The topological polar surface area (TPSA) is 79.2 Å². The number of ether oxygens (including phenoxy) is 2. The molecule has 0 spiro atoms. The first-order valence-electron chi connectivity index (χ1n) is 7.39. The number of hydrogen-bond acceptors (Lipinski definition) is 5. The molecule has 1 heterocycles. The van der Waals surface area contributed by atoms with Crippen LogP contribution < -0.4 is 0 Å². The summed E-state index contributed by atoms with van der Waals surface area (Å²) in [5.41, 5.74) is 0.00673. The van der Waals surface area contributed by atoms with Crippen LogP contribution in [0, 0.1) is 0 Å². The van der Waals surface area contributed by atoms with Gasteiger partial charge in [0.15, 0.2) is 0 Å². The van der Waals surface area contributed by atoms with E-state index in [4.69, 9.17) is 9.47 Å². The molecule has 1 aromatic rings. The highest BCUT2D eigenvalue weighted by molar-refractivity contribution is 5.69. The minimum Gasteiger partial charge on any atom is -0.444 e. The van der Waals surface area contributed by atoms with Crippen molar-refractivity contribution in [2.45, 2.75) is 44.7 Å². The SMILES string of the molecule is CC1(C)OC(CO)C(CCO)N1C(=O)OCc1ccccc1. The molecule has 1 amide bonds. The highest BCUT2D eigenvalue weighted by Gasteiger charge is 2.49. The lowest BCUT2D eigenvalue weighted by atomic mass is 10.1. The molecule has 6 nitrogen and oxygen atoms in total. The summed E-state index contributed by atoms with van der Waals surface area (Å²) in [6.07, 6.45) is -0.704. The molecule has 2 rings (SSSR count). The predicted molar refractivity (Wildman–Crippen MR) is 80.0 cm³/mol. The largest absolute Gasteiger partial charge is 0.444 e. The van der Waals surface area contributed by atoms with Gasteiger partial charge in [0.2, 0.25) is 0 Å². The highest BCUT2D eigenvalue weighted by atomic mass is 16.6. The summed E-state index contributed by atoms with van der Waals surface area (Å²) in [6, 6.07) is 8.99. The average molecular weight is 309 g/mol. The summed E-state index contributed by atoms with van der Waals surface area (Å²) >= 11 is 0. The second-order valence-corrected chi connectivity index (χ2v) is 5.78. The molecule has 2 unspecified atom stereocenters. The maximum Gasteiger partial charge on any atom is 0.412 e. The van der Waals surface area contributed by atoms with Crippen molar-refractivity contribution in [3.63, 3.8) is 0 Å². The lowest BCUT2D eigenvalue weighted by Crippen LogP contribution is -2.49. The van der Waals surface area contributed by atoms with E-state index in [-0.39, 0.29) is 19.8 Å². The maximum atomic E-state index is 12.4. The molecule has 1 aliphatic rings. The van der Waals surface area contributed by atoms with E-state index in [0.717, 1.165) is 5.56 Å². The monoisotopic (exact) mass is 309 g/mol. The van der Waals surface area contributed by atoms with Gasteiger partial charge in [-0.05, 0) is 25.8 Å². The van der Waals surface area contributed by atoms with Crippen molar-refractivity contribution < 1.29 is 24.5 Å². The molecule has 0 radical (unpaired) electrons. The molecular formula is C16H23NO5. The zero-order valence-electron chi connectivity index (χ0n) is 12.9. The zero-order chi connectivity index (χ0) is 16.2. The third-order valence-corrected chi connectivity index (χ3v) is 3.79. The van der Waals surface area contributed by atoms with E-state index in [0.29, 0.717) is 6.42 Å². The van der Waals surface area contributed by atoms with Gasteiger partial charge in [0.25, 0.3) is 0 Å². The van der Waals surface area contributed by atoms with Crippen LogP contribution in [0.15, 0.2) is 30.3 Å². The first-order valence-corrected chi connectivity index (χ1v) is 7.39. The number of carbonyl (C=O) groups excluding carboxylic acids is 1. The second-order valence-electron chi connectivity index (χ2n) is 5.78. The summed E-state index contributed by atoms with van der Waals surface area (Å²) in [4.78, 5) is 13.9. The van der Waals surface area contributed by atoms with Crippen LogP contribution in [0.2, 0.25) is 0 Å². The molecule has 1 saturated heterocycles. The molecule has 1 fully saturated rings. The van der Waals surface area contributed by atoms with E-state index in [2.05, 4.69) is 0 Å². The van der Waals surface area contributed by atoms with Crippen molar-refractivity contribution in [1.82, 2.24) is 4.90 Å². The van der Waals surface area contributed by atoms with Gasteiger partial charge in [-0.2, -0.15) is 0 Å². The molecule has 1 aromatic carbocycles. The molecule has 1 aliphatic heterocycles. The quantitative estimate of drug-likeness (QED) is 0.862. The fourth-order valence-corrected chi connectivity index (χ4v) is 2.82. The number of aliphatic hydroxyl groups excluding tert-OH is 2. The Balaban J connectivity index is 2.07. The Morgan fingerprint density at radius 1 is 1.32 bits per heavy atom. The number of carbonyl (C=O) groups is 1. The number of rotatable bonds is 5. The van der Waals surface area contributed by atoms with Gasteiger partial charge in [-0.25, -0.2) is 4.79 Å². The zero-order valence-corrected chi connectivity index (χ0v) is 12.9. The molecule has 0 saturated carbocycles. The molecular weight excluding hydrogens is 286 g/mol. The maximum absolute atomic E-state index is 12.4. The van der Waals surface area contributed by atoms with Gasteiger partial charge in [-0.3, -0.25) is 4.90 Å². The fourth-order valence-electron chi connectivity index (χ4n) is 2.82. The number of amides is 1. The van der Waals surface area contributed by atoms with Crippen LogP contribution in [-0.2, 0) is 16.1 Å². The van der Waals surface area contributed by atoms with Gasteiger partial charge in [-0.1, -0.05) is 30.3 Å². The van der Waals surface area contributed by atoms with Crippen LogP contribution in [0.1, 0.15) is 25.8 Å². The molecule has 0 aliphatic carbocycles. The molecule has 0 bridgehead atoms. The number of aliphatic hydroxyl groups is 2. The second kappa shape index (κ2) is 7.09. The third kappa shape index (κ3) is 3.58. The van der Waals surface area contributed by atoms with Gasteiger partial charge < -0.3 is 19.7 Å². The van der Waals surface area contributed by atoms with E-state index >= 15 is 0 Å². The Kier molecular flexibility index (Phi) is 5.39. The van der Waals surface area contributed by atoms with Crippen LogP contribution in [0.5, 0.6) is 0 Å². The molecule has 122 valence electrons. The lowest BCUT2D eigenvalue weighted by molar-refractivity contribution is -0.0804. The van der Waals surface area contributed by atoms with Gasteiger partial charge >= 0.3 is 6.09 Å². The van der Waals surface area contributed by atoms with E-state index in [9.17, 15) is 15.0 Å². The molecule has 6 heteroatoms. The Labute approximate surface area is 130 Å². The standard InChI is InChI=1S/C16H23NO5/c1-16(2)17(13(8-9-18)14(10-19)22-16)15(20)21-11-12-6-4-3-5-7-12/h3-7,13-14,18-19H,8-11H2,1-2H3. The van der Waals surface area contributed by atoms with Gasteiger partial charge in [0.1, 0.15) is 18.4 Å². The van der Waals surface area contributed by atoms with Crippen LogP contribution >= 0.6 is 0 Å². The van der Waals surface area contributed by atoms with Crippen molar-refractivity contribution in [2.75, 3.05) is 13.2 Å². The van der Waals surface area contributed by atoms with Crippen molar-refractivity contribution in [1.29, 1.82) is 0 Å². The first kappa shape index (κ1) is 16.7. The summed E-state index contributed by atoms with van der Waals surface area (Å²) in [5, 5.41) is 18.6. The van der Waals surface area contributed by atoms with Gasteiger partial charge in [0, 0.05) is 6.61 Å². The predicted octanol–water partition coefficient (Wildman–Crippen LogP) is 1.50. The van der Waals surface area contributed by atoms with Gasteiger partial charge in [0.05, 0.1) is 12.6 Å². The van der Waals surface area contributed by atoms with Crippen molar-refractivity contribution >= 4 is 6.09 Å². The smallest absolute Gasteiger partial charge is 0.412 e. The summed E-state index contributed by atoms with van der Waals surface area (Å²) in [7, 11) is 0. The average Bonchev–Trinajstić information content (AvgIpc) is 2.76. The Morgan fingerprint density at radius 3 is 2.59 bits per heavy atom. The van der Waals surface area contributed by atoms with E-state index in [1.54, 1.807) is 13.8 Å². The lowest BCUT2D eigenvalue weighted by Gasteiger charge is -2.32. The minimum absolute atomic E-state index is 0.0942.